The van der Waals surface area contributed by atoms with Gasteiger partial charge in [0.2, 0.25) is 0 Å². The van der Waals surface area contributed by atoms with Crippen molar-refractivity contribution in [2.24, 2.45) is 5.41 Å². The van der Waals surface area contributed by atoms with E-state index in [1.807, 2.05) is 6.07 Å². The highest BCUT2D eigenvalue weighted by Gasteiger charge is 2.45. The van der Waals surface area contributed by atoms with E-state index in [0.717, 1.165) is 24.8 Å². The molecule has 0 heterocycles. The minimum absolute atomic E-state index is 0.134. The number of benzene rings is 1. The third kappa shape index (κ3) is 2.19. The van der Waals surface area contributed by atoms with Gasteiger partial charge in [0.1, 0.15) is 5.82 Å². The first-order valence-electron chi connectivity index (χ1n) is 5.91. The summed E-state index contributed by atoms with van der Waals surface area (Å²) in [6.45, 7) is 1.74. The highest BCUT2D eigenvalue weighted by atomic mass is 19.1. The third-order valence-electron chi connectivity index (χ3n) is 3.69. The Morgan fingerprint density at radius 3 is 2.65 bits per heavy atom. The van der Waals surface area contributed by atoms with E-state index in [2.05, 4.69) is 0 Å². The molecule has 1 fully saturated rings. The molecule has 2 nitrogen and oxygen atoms in total. The van der Waals surface area contributed by atoms with Gasteiger partial charge in [0.15, 0.2) is 0 Å². The number of carbonyl (C=O) groups excluding carboxylic acids is 1. The van der Waals surface area contributed by atoms with E-state index in [1.165, 1.54) is 13.2 Å². The van der Waals surface area contributed by atoms with Gasteiger partial charge in [0.05, 0.1) is 12.5 Å². The molecule has 0 aliphatic heterocycles. The number of aryl methyl sites for hydroxylation is 1. The smallest absolute Gasteiger partial charge is 0.312 e. The zero-order valence-electron chi connectivity index (χ0n) is 10.3. The van der Waals surface area contributed by atoms with Crippen molar-refractivity contribution in [1.82, 2.24) is 0 Å². The fraction of sp³-hybridized carbons (Fsp3) is 0.500. The maximum atomic E-state index is 13.2. The molecule has 17 heavy (non-hydrogen) atoms. The number of carbonyl (C=O) groups is 1. The molecule has 0 atom stereocenters. The van der Waals surface area contributed by atoms with Crippen molar-refractivity contribution in [3.05, 3.63) is 35.1 Å². The largest absolute Gasteiger partial charge is 0.469 e. The van der Waals surface area contributed by atoms with Gasteiger partial charge in [0.25, 0.3) is 0 Å². The molecule has 0 spiro atoms. The Labute approximate surface area is 101 Å². The number of methoxy groups -OCH3 is 1. The molecule has 0 bridgehead atoms. The first kappa shape index (κ1) is 12.1. The molecule has 92 valence electrons. The van der Waals surface area contributed by atoms with Crippen molar-refractivity contribution < 1.29 is 13.9 Å². The number of esters is 1. The van der Waals surface area contributed by atoms with Gasteiger partial charge in [-0.05, 0) is 43.4 Å². The Kier molecular flexibility index (Phi) is 3.18. The van der Waals surface area contributed by atoms with Gasteiger partial charge in [-0.3, -0.25) is 4.79 Å². The van der Waals surface area contributed by atoms with Gasteiger partial charge in [-0.1, -0.05) is 18.6 Å². The van der Waals surface area contributed by atoms with Crippen LogP contribution in [-0.2, 0) is 16.0 Å². The standard InChI is InChI=1S/C14H17FO2/c1-10-8-11(4-5-12(10)15)9-14(6-3-7-14)13(16)17-2/h4-5,8H,3,6-7,9H2,1-2H3. The molecule has 1 aliphatic rings. The minimum atomic E-state index is -0.362. The van der Waals surface area contributed by atoms with E-state index in [4.69, 9.17) is 4.74 Å². The Hall–Kier alpha value is -1.38. The van der Waals surface area contributed by atoms with Crippen molar-refractivity contribution in [2.45, 2.75) is 32.6 Å². The van der Waals surface area contributed by atoms with Crippen LogP contribution in [0.25, 0.3) is 0 Å². The second-order valence-electron chi connectivity index (χ2n) is 4.89. The summed E-state index contributed by atoms with van der Waals surface area (Å²) in [7, 11) is 1.43. The molecule has 2 rings (SSSR count). The molecule has 1 saturated carbocycles. The van der Waals surface area contributed by atoms with E-state index >= 15 is 0 Å². The summed E-state index contributed by atoms with van der Waals surface area (Å²) in [5.41, 5.74) is 1.27. The first-order valence-corrected chi connectivity index (χ1v) is 5.91. The van der Waals surface area contributed by atoms with Crippen LogP contribution in [0.5, 0.6) is 0 Å². The Morgan fingerprint density at radius 2 is 2.18 bits per heavy atom. The van der Waals surface area contributed by atoms with Crippen LogP contribution in [0.4, 0.5) is 4.39 Å². The molecular formula is C14H17FO2. The maximum absolute atomic E-state index is 13.2. The number of halogens is 1. The van der Waals surface area contributed by atoms with E-state index < -0.39 is 0 Å². The van der Waals surface area contributed by atoms with E-state index in [9.17, 15) is 9.18 Å². The van der Waals surface area contributed by atoms with Crippen LogP contribution >= 0.6 is 0 Å². The van der Waals surface area contributed by atoms with Gasteiger partial charge in [0, 0.05) is 0 Å². The van der Waals surface area contributed by atoms with Crippen LogP contribution in [0, 0.1) is 18.2 Å². The maximum Gasteiger partial charge on any atom is 0.312 e. The molecule has 1 aromatic rings. The van der Waals surface area contributed by atoms with Crippen LogP contribution in [0.3, 0.4) is 0 Å². The molecule has 0 saturated heterocycles. The summed E-state index contributed by atoms with van der Waals surface area (Å²) in [5, 5.41) is 0. The molecule has 0 amide bonds. The van der Waals surface area contributed by atoms with E-state index in [1.54, 1.807) is 13.0 Å². The highest BCUT2D eigenvalue weighted by Crippen LogP contribution is 2.44. The van der Waals surface area contributed by atoms with Gasteiger partial charge in [-0.2, -0.15) is 0 Å². The lowest BCUT2D eigenvalue weighted by atomic mass is 9.65. The predicted molar refractivity (Wildman–Crippen MR) is 63.1 cm³/mol. The normalized spacial score (nSPS) is 17.4. The first-order chi connectivity index (χ1) is 8.07. The van der Waals surface area contributed by atoms with Crippen molar-refractivity contribution in [1.29, 1.82) is 0 Å². The van der Waals surface area contributed by atoms with Crippen molar-refractivity contribution >= 4 is 5.97 Å². The summed E-state index contributed by atoms with van der Waals surface area (Å²) in [6.07, 6.45) is 3.46. The lowest BCUT2D eigenvalue weighted by Crippen LogP contribution is -2.40. The molecular weight excluding hydrogens is 219 g/mol. The second-order valence-corrected chi connectivity index (χ2v) is 4.89. The summed E-state index contributed by atoms with van der Waals surface area (Å²) in [5.74, 6) is -0.333. The Balaban J connectivity index is 2.18. The van der Waals surface area contributed by atoms with Gasteiger partial charge in [-0.25, -0.2) is 4.39 Å². The molecule has 1 aliphatic carbocycles. The third-order valence-corrected chi connectivity index (χ3v) is 3.69. The molecule has 0 radical (unpaired) electrons. The van der Waals surface area contributed by atoms with Gasteiger partial charge < -0.3 is 4.74 Å². The fourth-order valence-corrected chi connectivity index (χ4v) is 2.48. The second kappa shape index (κ2) is 4.47. The zero-order valence-corrected chi connectivity index (χ0v) is 10.3. The van der Waals surface area contributed by atoms with Crippen LogP contribution in [-0.4, -0.2) is 13.1 Å². The van der Waals surface area contributed by atoms with Gasteiger partial charge in [-0.15, -0.1) is 0 Å². The summed E-state index contributed by atoms with van der Waals surface area (Å²) in [4.78, 5) is 11.8. The van der Waals surface area contributed by atoms with E-state index in [0.29, 0.717) is 12.0 Å². The topological polar surface area (TPSA) is 26.3 Å². The SMILES string of the molecule is COC(=O)C1(Cc2ccc(F)c(C)c2)CCC1. The summed E-state index contributed by atoms with van der Waals surface area (Å²) >= 11 is 0. The number of rotatable bonds is 3. The molecule has 1 aromatic carbocycles. The number of ether oxygens (including phenoxy) is 1. The van der Waals surface area contributed by atoms with Crippen LogP contribution in [0.1, 0.15) is 30.4 Å². The Bertz CT molecular complexity index is 436. The van der Waals surface area contributed by atoms with Gasteiger partial charge >= 0.3 is 5.97 Å². The quantitative estimate of drug-likeness (QED) is 0.754. The molecule has 0 unspecified atom stereocenters. The van der Waals surface area contributed by atoms with E-state index in [-0.39, 0.29) is 17.2 Å². The summed E-state index contributed by atoms with van der Waals surface area (Å²) in [6, 6.07) is 5.04. The molecule has 0 aromatic heterocycles. The Morgan fingerprint density at radius 1 is 1.47 bits per heavy atom. The average Bonchev–Trinajstić information content (AvgIpc) is 2.27. The lowest BCUT2D eigenvalue weighted by Gasteiger charge is -2.39. The van der Waals surface area contributed by atoms with Crippen LogP contribution in [0.15, 0.2) is 18.2 Å². The summed E-state index contributed by atoms with van der Waals surface area (Å²) < 4.78 is 18.0. The number of hydrogen-bond acceptors (Lipinski definition) is 2. The van der Waals surface area contributed by atoms with Crippen molar-refractivity contribution in [2.75, 3.05) is 7.11 Å². The lowest BCUT2D eigenvalue weighted by molar-refractivity contribution is -0.158. The van der Waals surface area contributed by atoms with Crippen molar-refractivity contribution in [3.8, 4) is 0 Å². The fourth-order valence-electron chi connectivity index (χ4n) is 2.48. The van der Waals surface area contributed by atoms with Crippen LogP contribution in [0.2, 0.25) is 0 Å². The predicted octanol–water partition coefficient (Wildman–Crippen LogP) is 3.02. The molecule has 3 heteroatoms. The average molecular weight is 236 g/mol. The zero-order chi connectivity index (χ0) is 12.5. The van der Waals surface area contributed by atoms with Crippen LogP contribution < -0.4 is 0 Å². The minimum Gasteiger partial charge on any atom is -0.469 e. The highest BCUT2D eigenvalue weighted by molar-refractivity contribution is 5.78. The number of hydrogen-bond donors (Lipinski definition) is 0. The monoisotopic (exact) mass is 236 g/mol. The molecule has 0 N–H and O–H groups in total. The van der Waals surface area contributed by atoms with Crippen molar-refractivity contribution in [3.63, 3.8) is 0 Å².